The molecule has 15 heavy (non-hydrogen) atoms. The van der Waals surface area contributed by atoms with E-state index in [0.29, 0.717) is 6.04 Å². The van der Waals surface area contributed by atoms with Crippen LogP contribution in [0.3, 0.4) is 0 Å². The van der Waals surface area contributed by atoms with E-state index >= 15 is 0 Å². The lowest BCUT2D eigenvalue weighted by Gasteiger charge is -2.10. The van der Waals surface area contributed by atoms with E-state index in [4.69, 9.17) is 0 Å². The fourth-order valence-electron chi connectivity index (χ4n) is 1.71. The van der Waals surface area contributed by atoms with E-state index in [1.165, 1.54) is 22.9 Å². The number of hydrogen-bond donors (Lipinski definition) is 2. The standard InChI is InChI=1S/C13H18N2/c1-3-10(2)14-8-11-9-15-13-7-5-4-6-12(11)13/h4-7,9-10,14-15H,3,8H2,1-2H3. The van der Waals surface area contributed by atoms with Crippen LogP contribution in [0.4, 0.5) is 0 Å². The Morgan fingerprint density at radius 2 is 2.13 bits per heavy atom. The van der Waals surface area contributed by atoms with Crippen LogP contribution >= 0.6 is 0 Å². The number of rotatable bonds is 4. The molecule has 1 aromatic carbocycles. The highest BCUT2D eigenvalue weighted by atomic mass is 14.9. The van der Waals surface area contributed by atoms with Crippen molar-refractivity contribution in [2.45, 2.75) is 32.9 Å². The van der Waals surface area contributed by atoms with Crippen molar-refractivity contribution < 1.29 is 0 Å². The summed E-state index contributed by atoms with van der Waals surface area (Å²) in [6, 6.07) is 9.01. The van der Waals surface area contributed by atoms with Crippen molar-refractivity contribution in [2.75, 3.05) is 0 Å². The van der Waals surface area contributed by atoms with Crippen LogP contribution in [0.25, 0.3) is 10.9 Å². The molecule has 0 amide bonds. The second-order valence-corrected chi connectivity index (χ2v) is 4.05. The highest BCUT2D eigenvalue weighted by Crippen LogP contribution is 2.17. The maximum atomic E-state index is 3.51. The summed E-state index contributed by atoms with van der Waals surface area (Å²) >= 11 is 0. The van der Waals surface area contributed by atoms with Gasteiger partial charge in [-0.25, -0.2) is 0 Å². The SMILES string of the molecule is CCC(C)NCc1c[nH]c2ccccc12. The van der Waals surface area contributed by atoms with Crippen molar-refractivity contribution in [1.82, 2.24) is 10.3 Å². The Hall–Kier alpha value is -1.28. The van der Waals surface area contributed by atoms with Gasteiger partial charge in [-0.05, 0) is 25.0 Å². The van der Waals surface area contributed by atoms with E-state index in [1.54, 1.807) is 0 Å². The molecule has 2 N–H and O–H groups in total. The van der Waals surface area contributed by atoms with Crippen LogP contribution < -0.4 is 5.32 Å². The molecule has 2 rings (SSSR count). The van der Waals surface area contributed by atoms with Gasteiger partial charge >= 0.3 is 0 Å². The van der Waals surface area contributed by atoms with Crippen LogP contribution in [0.1, 0.15) is 25.8 Å². The highest BCUT2D eigenvalue weighted by Gasteiger charge is 2.03. The number of para-hydroxylation sites is 1. The molecular formula is C13H18N2. The largest absolute Gasteiger partial charge is 0.361 e. The average molecular weight is 202 g/mol. The summed E-state index contributed by atoms with van der Waals surface area (Å²) in [5.41, 5.74) is 2.57. The van der Waals surface area contributed by atoms with Gasteiger partial charge in [-0.3, -0.25) is 0 Å². The zero-order valence-electron chi connectivity index (χ0n) is 9.38. The van der Waals surface area contributed by atoms with Gasteiger partial charge in [-0.1, -0.05) is 25.1 Å². The van der Waals surface area contributed by atoms with E-state index < -0.39 is 0 Å². The molecule has 0 aliphatic carbocycles. The molecule has 0 fully saturated rings. The third-order valence-corrected chi connectivity index (χ3v) is 2.93. The Balaban J connectivity index is 2.14. The predicted octanol–water partition coefficient (Wildman–Crippen LogP) is 3.06. The first-order chi connectivity index (χ1) is 7.31. The van der Waals surface area contributed by atoms with E-state index in [1.807, 2.05) is 0 Å². The Morgan fingerprint density at radius 1 is 1.33 bits per heavy atom. The highest BCUT2D eigenvalue weighted by molar-refractivity contribution is 5.82. The molecule has 0 spiro atoms. The van der Waals surface area contributed by atoms with Crippen LogP contribution in [-0.2, 0) is 6.54 Å². The number of benzene rings is 1. The number of aromatic amines is 1. The number of H-pyrrole nitrogens is 1. The van der Waals surface area contributed by atoms with Gasteiger partial charge in [-0.2, -0.15) is 0 Å². The van der Waals surface area contributed by atoms with Crippen molar-refractivity contribution in [3.63, 3.8) is 0 Å². The van der Waals surface area contributed by atoms with Crippen LogP contribution in [0.5, 0.6) is 0 Å². The van der Waals surface area contributed by atoms with Crippen LogP contribution in [0.15, 0.2) is 30.5 Å². The topological polar surface area (TPSA) is 27.8 Å². The molecule has 1 aromatic heterocycles. The molecule has 2 aromatic rings. The van der Waals surface area contributed by atoms with Gasteiger partial charge in [0.1, 0.15) is 0 Å². The first kappa shape index (κ1) is 10.2. The number of hydrogen-bond acceptors (Lipinski definition) is 1. The molecule has 0 aliphatic rings. The predicted molar refractivity (Wildman–Crippen MR) is 64.9 cm³/mol. The molecule has 0 radical (unpaired) electrons. The first-order valence-electron chi connectivity index (χ1n) is 5.59. The van der Waals surface area contributed by atoms with Crippen LogP contribution in [0, 0.1) is 0 Å². The maximum Gasteiger partial charge on any atom is 0.0457 e. The Morgan fingerprint density at radius 3 is 2.93 bits per heavy atom. The zero-order chi connectivity index (χ0) is 10.7. The molecule has 1 atom stereocenters. The fraction of sp³-hybridized carbons (Fsp3) is 0.385. The Kier molecular flexibility index (Phi) is 3.07. The Bertz CT molecular complexity index is 431. The maximum absolute atomic E-state index is 3.51. The number of fused-ring (bicyclic) bond motifs is 1. The summed E-state index contributed by atoms with van der Waals surface area (Å²) in [6.07, 6.45) is 3.27. The van der Waals surface area contributed by atoms with Crippen molar-refractivity contribution in [1.29, 1.82) is 0 Å². The molecule has 80 valence electrons. The summed E-state index contributed by atoms with van der Waals surface area (Å²) in [6.45, 7) is 5.36. The van der Waals surface area contributed by atoms with Crippen LogP contribution in [-0.4, -0.2) is 11.0 Å². The summed E-state index contributed by atoms with van der Waals surface area (Å²) < 4.78 is 0. The summed E-state index contributed by atoms with van der Waals surface area (Å²) in [4.78, 5) is 3.29. The number of nitrogens with one attached hydrogen (secondary N) is 2. The molecule has 0 aliphatic heterocycles. The molecular weight excluding hydrogens is 184 g/mol. The summed E-state index contributed by atoms with van der Waals surface area (Å²) in [5, 5.41) is 4.83. The van der Waals surface area contributed by atoms with Gasteiger partial charge < -0.3 is 10.3 Å². The van der Waals surface area contributed by atoms with Crippen molar-refractivity contribution in [3.05, 3.63) is 36.0 Å². The fourth-order valence-corrected chi connectivity index (χ4v) is 1.71. The average Bonchev–Trinajstić information content (AvgIpc) is 2.69. The minimum Gasteiger partial charge on any atom is -0.361 e. The van der Waals surface area contributed by atoms with Crippen LogP contribution in [0.2, 0.25) is 0 Å². The minimum atomic E-state index is 0.582. The lowest BCUT2D eigenvalue weighted by Crippen LogP contribution is -2.24. The first-order valence-corrected chi connectivity index (χ1v) is 5.59. The van der Waals surface area contributed by atoms with E-state index in [-0.39, 0.29) is 0 Å². The number of aromatic nitrogens is 1. The molecule has 2 nitrogen and oxygen atoms in total. The lowest BCUT2D eigenvalue weighted by atomic mass is 10.1. The quantitative estimate of drug-likeness (QED) is 0.783. The van der Waals surface area contributed by atoms with Gasteiger partial charge in [0.15, 0.2) is 0 Å². The molecule has 0 bridgehead atoms. The van der Waals surface area contributed by atoms with Crippen molar-refractivity contribution in [3.8, 4) is 0 Å². The molecule has 0 saturated heterocycles. The Labute approximate surface area is 90.7 Å². The molecule has 2 heteroatoms. The third-order valence-electron chi connectivity index (χ3n) is 2.93. The van der Waals surface area contributed by atoms with Gasteiger partial charge in [0.05, 0.1) is 0 Å². The van der Waals surface area contributed by atoms with E-state index in [2.05, 4.69) is 54.6 Å². The minimum absolute atomic E-state index is 0.582. The monoisotopic (exact) mass is 202 g/mol. The smallest absolute Gasteiger partial charge is 0.0457 e. The molecule has 1 unspecified atom stereocenters. The van der Waals surface area contributed by atoms with Gasteiger partial charge in [0.25, 0.3) is 0 Å². The third kappa shape index (κ3) is 2.21. The zero-order valence-corrected chi connectivity index (χ0v) is 9.38. The van der Waals surface area contributed by atoms with E-state index in [9.17, 15) is 0 Å². The van der Waals surface area contributed by atoms with Gasteiger partial charge in [0.2, 0.25) is 0 Å². The van der Waals surface area contributed by atoms with Gasteiger partial charge in [0, 0.05) is 29.7 Å². The second-order valence-electron chi connectivity index (χ2n) is 4.05. The summed E-state index contributed by atoms with van der Waals surface area (Å²) in [7, 11) is 0. The lowest BCUT2D eigenvalue weighted by molar-refractivity contribution is 0.535. The normalized spacial score (nSPS) is 13.2. The summed E-state index contributed by atoms with van der Waals surface area (Å²) in [5.74, 6) is 0. The molecule has 1 heterocycles. The van der Waals surface area contributed by atoms with E-state index in [0.717, 1.165) is 6.54 Å². The van der Waals surface area contributed by atoms with Crippen molar-refractivity contribution in [2.24, 2.45) is 0 Å². The second kappa shape index (κ2) is 4.49. The molecule has 0 saturated carbocycles. The van der Waals surface area contributed by atoms with Gasteiger partial charge in [-0.15, -0.1) is 0 Å². The van der Waals surface area contributed by atoms with Crippen molar-refractivity contribution >= 4 is 10.9 Å².